The molecule has 8 heteroatoms. The van der Waals surface area contributed by atoms with Gasteiger partial charge in [0.25, 0.3) is 0 Å². The molecule has 1 aliphatic rings. The van der Waals surface area contributed by atoms with Crippen molar-refractivity contribution in [1.29, 1.82) is 5.26 Å². The molecule has 0 aromatic heterocycles. The fourth-order valence-electron chi connectivity index (χ4n) is 2.62. The van der Waals surface area contributed by atoms with Crippen LogP contribution in [0.5, 0.6) is 0 Å². The number of nitrogens with one attached hydrogen (secondary N) is 2. The second-order valence-electron chi connectivity index (χ2n) is 5.48. The zero-order valence-electron chi connectivity index (χ0n) is 14.5. The zero-order valence-corrected chi connectivity index (χ0v) is 15.3. The summed E-state index contributed by atoms with van der Waals surface area (Å²) in [5.74, 6) is 0. The number of nitriles is 1. The van der Waals surface area contributed by atoms with Gasteiger partial charge in [0.2, 0.25) is 0 Å². The summed E-state index contributed by atoms with van der Waals surface area (Å²) in [5, 5.41) is 15.4. The van der Waals surface area contributed by atoms with Crippen LogP contribution in [0.4, 0.5) is 16.2 Å². The Labute approximate surface area is 152 Å². The van der Waals surface area contributed by atoms with E-state index in [1.54, 1.807) is 4.90 Å². The number of nitrogens with zero attached hydrogens (tertiary/aromatic N) is 3. The second-order valence-corrected chi connectivity index (χ2v) is 6.27. The number of carbonyl (C=O) groups excluding carboxylic acids is 1. The second kappa shape index (κ2) is 9.79. The lowest BCUT2D eigenvalue weighted by Gasteiger charge is -2.32. The molecule has 0 aliphatic carbocycles. The SMILES string of the molecule is CCOC(=O)N1CCC(Nc2ccccc2N=C(NC#N)SC)CC1. The third-order valence-electron chi connectivity index (χ3n) is 3.86. The van der Waals surface area contributed by atoms with Gasteiger partial charge in [-0.15, -0.1) is 0 Å². The van der Waals surface area contributed by atoms with Crippen LogP contribution in [-0.2, 0) is 4.74 Å². The number of amides is 1. The number of benzene rings is 1. The van der Waals surface area contributed by atoms with Crippen LogP contribution < -0.4 is 10.6 Å². The Morgan fingerprint density at radius 2 is 2.16 bits per heavy atom. The van der Waals surface area contributed by atoms with Gasteiger partial charge in [0.15, 0.2) is 11.4 Å². The van der Waals surface area contributed by atoms with E-state index in [2.05, 4.69) is 15.6 Å². The first-order valence-corrected chi connectivity index (χ1v) is 9.45. The maximum atomic E-state index is 11.8. The molecule has 0 spiro atoms. The third kappa shape index (κ3) is 5.57. The molecule has 0 radical (unpaired) electrons. The summed E-state index contributed by atoms with van der Waals surface area (Å²) < 4.78 is 5.05. The van der Waals surface area contributed by atoms with E-state index >= 15 is 0 Å². The topological polar surface area (TPSA) is 89.8 Å². The fourth-order valence-corrected chi connectivity index (χ4v) is 2.95. The number of rotatable bonds is 4. The van der Waals surface area contributed by atoms with Crippen LogP contribution in [-0.4, -0.2) is 48.2 Å². The molecule has 1 aliphatic heterocycles. The average molecular weight is 361 g/mol. The Morgan fingerprint density at radius 3 is 2.80 bits per heavy atom. The number of anilines is 1. The summed E-state index contributed by atoms with van der Waals surface area (Å²) in [5.41, 5.74) is 1.70. The minimum absolute atomic E-state index is 0.238. The molecule has 0 atom stereocenters. The molecule has 1 aromatic rings. The first-order chi connectivity index (χ1) is 12.2. The van der Waals surface area contributed by atoms with Gasteiger partial charge in [-0.3, -0.25) is 5.32 Å². The van der Waals surface area contributed by atoms with Crippen molar-refractivity contribution in [3.8, 4) is 6.19 Å². The maximum absolute atomic E-state index is 11.8. The van der Waals surface area contributed by atoms with Gasteiger partial charge >= 0.3 is 6.09 Å². The van der Waals surface area contributed by atoms with E-state index in [1.165, 1.54) is 11.8 Å². The number of likely N-dealkylation sites (tertiary alicyclic amines) is 1. The van der Waals surface area contributed by atoms with Gasteiger partial charge in [-0.2, -0.15) is 5.26 Å². The number of amidine groups is 1. The molecule has 1 heterocycles. The van der Waals surface area contributed by atoms with Crippen molar-refractivity contribution in [2.45, 2.75) is 25.8 Å². The smallest absolute Gasteiger partial charge is 0.409 e. The van der Waals surface area contributed by atoms with Crippen LogP contribution >= 0.6 is 11.8 Å². The summed E-state index contributed by atoms with van der Waals surface area (Å²) >= 11 is 1.38. The number of piperidine rings is 1. The van der Waals surface area contributed by atoms with Gasteiger partial charge < -0.3 is 15.0 Å². The molecule has 2 rings (SSSR count). The van der Waals surface area contributed by atoms with Crippen molar-refractivity contribution in [1.82, 2.24) is 10.2 Å². The predicted molar refractivity (Wildman–Crippen MR) is 101 cm³/mol. The molecule has 0 saturated carbocycles. The molecule has 134 valence electrons. The van der Waals surface area contributed by atoms with Crippen molar-refractivity contribution in [2.75, 3.05) is 31.3 Å². The first kappa shape index (κ1) is 18.9. The Hall–Kier alpha value is -2.40. The summed E-state index contributed by atoms with van der Waals surface area (Å²) in [6.07, 6.45) is 5.22. The van der Waals surface area contributed by atoms with Crippen molar-refractivity contribution >= 4 is 34.4 Å². The fraction of sp³-hybridized carbons (Fsp3) is 0.471. The molecule has 1 amide bonds. The number of para-hydroxylation sites is 2. The van der Waals surface area contributed by atoms with E-state index in [0.29, 0.717) is 24.9 Å². The highest BCUT2D eigenvalue weighted by Crippen LogP contribution is 2.27. The minimum Gasteiger partial charge on any atom is -0.450 e. The molecule has 1 saturated heterocycles. The molecule has 25 heavy (non-hydrogen) atoms. The van der Waals surface area contributed by atoms with E-state index in [9.17, 15) is 4.79 Å². The Kier molecular flexibility index (Phi) is 7.41. The molecule has 7 nitrogen and oxygen atoms in total. The van der Waals surface area contributed by atoms with E-state index in [-0.39, 0.29) is 12.1 Å². The van der Waals surface area contributed by atoms with E-state index in [1.807, 2.05) is 43.6 Å². The van der Waals surface area contributed by atoms with E-state index in [0.717, 1.165) is 24.2 Å². The van der Waals surface area contributed by atoms with Crippen LogP contribution in [0.3, 0.4) is 0 Å². The summed E-state index contributed by atoms with van der Waals surface area (Å²) in [6, 6.07) is 8.01. The van der Waals surface area contributed by atoms with Crippen LogP contribution in [0.2, 0.25) is 0 Å². The summed E-state index contributed by atoms with van der Waals surface area (Å²) in [6.45, 7) is 3.56. The number of aliphatic imine (C=N–C) groups is 1. The number of ether oxygens (including phenoxy) is 1. The molecule has 2 N–H and O–H groups in total. The van der Waals surface area contributed by atoms with Gasteiger partial charge in [-0.1, -0.05) is 23.9 Å². The largest absolute Gasteiger partial charge is 0.450 e. The van der Waals surface area contributed by atoms with Crippen molar-refractivity contribution in [2.24, 2.45) is 4.99 Å². The molecular formula is C17H23N5O2S. The summed E-state index contributed by atoms with van der Waals surface area (Å²) in [7, 11) is 0. The first-order valence-electron chi connectivity index (χ1n) is 8.23. The van der Waals surface area contributed by atoms with Crippen LogP contribution in [0, 0.1) is 11.5 Å². The Bertz CT molecular complexity index is 651. The third-order valence-corrected chi connectivity index (χ3v) is 4.44. The standard InChI is InChI=1S/C17H23N5O2S/c1-3-24-17(23)22-10-8-13(9-11-22)20-14-6-4-5-7-15(14)21-16(25-2)19-12-18/h4-7,13,20H,3,8-11H2,1-2H3,(H,19,21). The molecular weight excluding hydrogens is 338 g/mol. The van der Waals surface area contributed by atoms with Crippen LogP contribution in [0.15, 0.2) is 29.3 Å². The normalized spacial score (nSPS) is 15.4. The van der Waals surface area contributed by atoms with Crippen molar-refractivity contribution in [3.63, 3.8) is 0 Å². The lowest BCUT2D eigenvalue weighted by molar-refractivity contribution is 0.0983. The van der Waals surface area contributed by atoms with Crippen molar-refractivity contribution < 1.29 is 9.53 Å². The van der Waals surface area contributed by atoms with Gasteiger partial charge in [-0.25, -0.2) is 9.79 Å². The van der Waals surface area contributed by atoms with Crippen LogP contribution in [0.1, 0.15) is 19.8 Å². The lowest BCUT2D eigenvalue weighted by Crippen LogP contribution is -2.42. The van der Waals surface area contributed by atoms with E-state index < -0.39 is 0 Å². The Balaban J connectivity index is 2.00. The van der Waals surface area contributed by atoms with Gasteiger partial charge in [0.05, 0.1) is 18.0 Å². The summed E-state index contributed by atoms with van der Waals surface area (Å²) in [4.78, 5) is 18.0. The quantitative estimate of drug-likeness (QED) is 0.371. The van der Waals surface area contributed by atoms with Crippen molar-refractivity contribution in [3.05, 3.63) is 24.3 Å². The number of hydrogen-bond acceptors (Lipinski definition) is 6. The monoisotopic (exact) mass is 361 g/mol. The highest BCUT2D eigenvalue weighted by Gasteiger charge is 2.23. The van der Waals surface area contributed by atoms with Gasteiger partial charge in [0.1, 0.15) is 0 Å². The Morgan fingerprint density at radius 1 is 1.44 bits per heavy atom. The highest BCUT2D eigenvalue weighted by molar-refractivity contribution is 8.13. The molecule has 0 unspecified atom stereocenters. The maximum Gasteiger partial charge on any atom is 0.409 e. The number of carbonyl (C=O) groups is 1. The molecule has 0 bridgehead atoms. The van der Waals surface area contributed by atoms with Crippen LogP contribution in [0.25, 0.3) is 0 Å². The molecule has 1 fully saturated rings. The number of hydrogen-bond donors (Lipinski definition) is 2. The number of thioether (sulfide) groups is 1. The van der Waals surface area contributed by atoms with E-state index in [4.69, 9.17) is 10.00 Å². The van der Waals surface area contributed by atoms with Gasteiger partial charge in [0, 0.05) is 19.1 Å². The lowest BCUT2D eigenvalue weighted by atomic mass is 10.0. The highest BCUT2D eigenvalue weighted by atomic mass is 32.2. The van der Waals surface area contributed by atoms with Gasteiger partial charge in [-0.05, 0) is 38.2 Å². The zero-order chi connectivity index (χ0) is 18.1. The average Bonchev–Trinajstić information content (AvgIpc) is 2.63. The predicted octanol–water partition coefficient (Wildman–Crippen LogP) is 3.14. The minimum atomic E-state index is -0.238. The molecule has 1 aromatic carbocycles.